The van der Waals surface area contributed by atoms with Gasteiger partial charge >= 0.3 is 6.09 Å². The molecule has 1 rings (SSSR count). The van der Waals surface area contributed by atoms with E-state index in [-0.39, 0.29) is 23.8 Å². The minimum Gasteiger partial charge on any atom is -0.444 e. The molecule has 0 heterocycles. The number of carbonyl (C=O) groups excluding carboxylic acids is 3. The van der Waals surface area contributed by atoms with Crippen molar-refractivity contribution in [3.63, 3.8) is 0 Å². The van der Waals surface area contributed by atoms with E-state index in [0.717, 1.165) is 36.8 Å². The van der Waals surface area contributed by atoms with Gasteiger partial charge in [-0.3, -0.25) is 9.59 Å². The Balaban J connectivity index is 3.47. The van der Waals surface area contributed by atoms with Gasteiger partial charge in [0.25, 0.3) is 0 Å². The summed E-state index contributed by atoms with van der Waals surface area (Å²) in [6.45, 7) is 17.6. The highest BCUT2D eigenvalue weighted by molar-refractivity contribution is 5.92. The molecule has 0 spiro atoms. The van der Waals surface area contributed by atoms with Gasteiger partial charge in [0.1, 0.15) is 17.7 Å². The molecule has 2 N–H and O–H groups in total. The van der Waals surface area contributed by atoms with Gasteiger partial charge in [-0.1, -0.05) is 76.3 Å². The number of alkyl carbamates (subject to hydrolysis) is 1. The van der Waals surface area contributed by atoms with E-state index in [1.165, 1.54) is 0 Å². The van der Waals surface area contributed by atoms with Crippen LogP contribution in [-0.2, 0) is 14.3 Å². The summed E-state index contributed by atoms with van der Waals surface area (Å²) in [6.07, 6.45) is 3.91. The van der Waals surface area contributed by atoms with E-state index in [0.29, 0.717) is 13.0 Å². The summed E-state index contributed by atoms with van der Waals surface area (Å²) in [5.74, 6) is -0.635. The molecule has 7 heteroatoms. The minimum atomic E-state index is -0.809. The normalized spacial score (nSPS) is 14.1. The van der Waals surface area contributed by atoms with Crippen LogP contribution in [0.2, 0.25) is 0 Å². The average Bonchev–Trinajstić information content (AvgIpc) is 2.77. The molecule has 0 aliphatic rings. The SMILES string of the molecule is CCCCCCN(C(=O)C(NC(=O)OC(C)(C)C)C(C)CC)C(C(=O)NC(C)C)c1ccc(C)cc1. The van der Waals surface area contributed by atoms with Crippen molar-refractivity contribution in [1.29, 1.82) is 0 Å². The lowest BCUT2D eigenvalue weighted by Gasteiger charge is -2.36. The molecular formula is C29H49N3O4. The topological polar surface area (TPSA) is 87.7 Å². The van der Waals surface area contributed by atoms with Crippen LogP contribution in [0, 0.1) is 12.8 Å². The maximum atomic E-state index is 14.2. The molecule has 0 aliphatic heterocycles. The molecule has 0 aromatic heterocycles. The zero-order valence-corrected chi connectivity index (χ0v) is 23.9. The largest absolute Gasteiger partial charge is 0.444 e. The molecule has 0 fully saturated rings. The molecule has 1 aromatic rings. The number of benzene rings is 1. The van der Waals surface area contributed by atoms with E-state index in [9.17, 15) is 14.4 Å². The van der Waals surface area contributed by atoms with Gasteiger partial charge in [0.05, 0.1) is 0 Å². The number of hydrogen-bond donors (Lipinski definition) is 2. The first-order valence-corrected chi connectivity index (χ1v) is 13.5. The van der Waals surface area contributed by atoms with Crippen LogP contribution in [-0.4, -0.2) is 47.0 Å². The molecular weight excluding hydrogens is 454 g/mol. The van der Waals surface area contributed by atoms with E-state index in [1.807, 2.05) is 58.9 Å². The lowest BCUT2D eigenvalue weighted by molar-refractivity contribution is -0.143. The molecule has 0 saturated heterocycles. The quantitative estimate of drug-likeness (QED) is 0.328. The number of rotatable bonds is 13. The fraction of sp³-hybridized carbons (Fsp3) is 0.690. The summed E-state index contributed by atoms with van der Waals surface area (Å²) in [5, 5.41) is 5.82. The van der Waals surface area contributed by atoms with Gasteiger partial charge in [-0.25, -0.2) is 4.79 Å². The molecule has 0 radical (unpaired) electrons. The first-order chi connectivity index (χ1) is 16.8. The van der Waals surface area contributed by atoms with Gasteiger partial charge in [0.2, 0.25) is 11.8 Å². The predicted octanol–water partition coefficient (Wildman–Crippen LogP) is 5.91. The lowest BCUT2D eigenvalue weighted by atomic mass is 9.95. The van der Waals surface area contributed by atoms with Crippen molar-refractivity contribution >= 4 is 17.9 Å². The van der Waals surface area contributed by atoms with Gasteiger partial charge in [0, 0.05) is 12.6 Å². The van der Waals surface area contributed by atoms with E-state index in [2.05, 4.69) is 17.6 Å². The number of carbonyl (C=O) groups is 3. The van der Waals surface area contributed by atoms with E-state index in [4.69, 9.17) is 4.74 Å². The van der Waals surface area contributed by atoms with Crippen LogP contribution in [0.1, 0.15) is 105 Å². The number of aryl methyl sites for hydroxylation is 1. The van der Waals surface area contributed by atoms with E-state index in [1.54, 1.807) is 25.7 Å². The van der Waals surface area contributed by atoms with E-state index >= 15 is 0 Å². The van der Waals surface area contributed by atoms with Crippen LogP contribution < -0.4 is 10.6 Å². The molecule has 3 amide bonds. The van der Waals surface area contributed by atoms with Crippen molar-refractivity contribution in [1.82, 2.24) is 15.5 Å². The van der Waals surface area contributed by atoms with Crippen molar-refractivity contribution in [2.24, 2.45) is 5.92 Å². The number of unbranched alkanes of at least 4 members (excludes halogenated alkanes) is 3. The Hall–Kier alpha value is -2.57. The molecule has 0 aliphatic carbocycles. The van der Waals surface area contributed by atoms with Crippen LogP contribution in [0.25, 0.3) is 0 Å². The Morgan fingerprint density at radius 1 is 0.944 bits per heavy atom. The Morgan fingerprint density at radius 2 is 1.56 bits per heavy atom. The molecule has 0 bridgehead atoms. The number of nitrogens with zero attached hydrogens (tertiary/aromatic N) is 1. The second-order valence-electron chi connectivity index (χ2n) is 11.1. The third kappa shape index (κ3) is 10.6. The van der Waals surface area contributed by atoms with Gasteiger partial charge < -0.3 is 20.3 Å². The molecule has 7 nitrogen and oxygen atoms in total. The molecule has 3 unspecified atom stereocenters. The maximum absolute atomic E-state index is 14.2. The number of amides is 3. The Morgan fingerprint density at radius 3 is 2.06 bits per heavy atom. The van der Waals surface area contributed by atoms with Crippen LogP contribution in [0.15, 0.2) is 24.3 Å². The first-order valence-electron chi connectivity index (χ1n) is 13.5. The molecule has 3 atom stereocenters. The molecule has 0 saturated carbocycles. The van der Waals surface area contributed by atoms with Crippen LogP contribution in [0.4, 0.5) is 4.79 Å². The summed E-state index contributed by atoms with van der Waals surface area (Å²) in [5.41, 5.74) is 1.14. The molecule has 36 heavy (non-hydrogen) atoms. The van der Waals surface area contributed by atoms with Crippen molar-refractivity contribution in [2.45, 2.75) is 118 Å². The standard InChI is InChI=1S/C29H49N3O4/c1-10-12-13-14-19-32(25(26(33)30-20(3)4)23-17-15-21(5)16-18-23)27(34)24(22(6)11-2)31-28(35)36-29(7,8)9/h15-18,20,22,24-25H,10-14,19H2,1-9H3,(H,30,33)(H,31,35). The van der Waals surface area contributed by atoms with Crippen LogP contribution >= 0.6 is 0 Å². The van der Waals surface area contributed by atoms with Gasteiger partial charge in [-0.05, 0) is 59.4 Å². The summed E-state index contributed by atoms with van der Waals surface area (Å²) >= 11 is 0. The fourth-order valence-corrected chi connectivity index (χ4v) is 3.96. The molecule has 1 aromatic carbocycles. The summed E-state index contributed by atoms with van der Waals surface area (Å²) in [7, 11) is 0. The van der Waals surface area contributed by atoms with E-state index < -0.39 is 23.8 Å². The van der Waals surface area contributed by atoms with Crippen molar-refractivity contribution in [3.05, 3.63) is 35.4 Å². The van der Waals surface area contributed by atoms with Crippen LogP contribution in [0.5, 0.6) is 0 Å². The minimum absolute atomic E-state index is 0.0762. The number of ether oxygens (including phenoxy) is 1. The third-order valence-electron chi connectivity index (χ3n) is 6.07. The number of hydrogen-bond acceptors (Lipinski definition) is 4. The number of nitrogens with one attached hydrogen (secondary N) is 2. The first kappa shape index (κ1) is 31.5. The third-order valence-corrected chi connectivity index (χ3v) is 6.07. The Bertz CT molecular complexity index is 830. The highest BCUT2D eigenvalue weighted by Gasteiger charge is 2.38. The zero-order chi connectivity index (χ0) is 27.5. The van der Waals surface area contributed by atoms with Crippen LogP contribution in [0.3, 0.4) is 0 Å². The monoisotopic (exact) mass is 503 g/mol. The summed E-state index contributed by atoms with van der Waals surface area (Å²) < 4.78 is 5.46. The second kappa shape index (κ2) is 14.9. The summed E-state index contributed by atoms with van der Waals surface area (Å²) in [6, 6.07) is 6.04. The summed E-state index contributed by atoms with van der Waals surface area (Å²) in [4.78, 5) is 42.0. The Kier molecular flexibility index (Phi) is 13.0. The highest BCUT2D eigenvalue weighted by Crippen LogP contribution is 2.26. The smallest absolute Gasteiger partial charge is 0.408 e. The van der Waals surface area contributed by atoms with Crippen molar-refractivity contribution in [3.8, 4) is 0 Å². The zero-order valence-electron chi connectivity index (χ0n) is 23.9. The highest BCUT2D eigenvalue weighted by atomic mass is 16.6. The van der Waals surface area contributed by atoms with Crippen molar-refractivity contribution < 1.29 is 19.1 Å². The van der Waals surface area contributed by atoms with Crippen molar-refractivity contribution in [2.75, 3.05) is 6.54 Å². The fourth-order valence-electron chi connectivity index (χ4n) is 3.96. The maximum Gasteiger partial charge on any atom is 0.408 e. The van der Waals surface area contributed by atoms with Gasteiger partial charge in [-0.2, -0.15) is 0 Å². The molecule has 204 valence electrons. The average molecular weight is 504 g/mol. The van der Waals surface area contributed by atoms with Gasteiger partial charge in [-0.15, -0.1) is 0 Å². The van der Waals surface area contributed by atoms with Gasteiger partial charge in [0.15, 0.2) is 0 Å². The Labute approximate surface area is 218 Å². The lowest BCUT2D eigenvalue weighted by Crippen LogP contribution is -2.55. The predicted molar refractivity (Wildman–Crippen MR) is 146 cm³/mol. The second-order valence-corrected chi connectivity index (χ2v) is 11.1.